The maximum absolute atomic E-state index is 12.4. The molecular formula is C23H18BrClN2O3. The van der Waals surface area contributed by atoms with Crippen LogP contribution in [0.25, 0.3) is 22.6 Å². The largest absolute Gasteiger partial charge is 0.482 e. The number of amides is 1. The SMILES string of the molecule is Cc1cc(C)c(OCC(=O)Nc2ccc3oc(-c4cccc(Cl)c4)nc3c2)c(Br)c1. The number of carbonyl (C=O) groups is 1. The molecule has 0 fully saturated rings. The fourth-order valence-electron chi connectivity index (χ4n) is 3.17. The van der Waals surface area contributed by atoms with Gasteiger partial charge in [0.05, 0.1) is 4.47 Å². The van der Waals surface area contributed by atoms with Gasteiger partial charge in [0.15, 0.2) is 12.2 Å². The summed E-state index contributed by atoms with van der Waals surface area (Å²) in [5, 5.41) is 3.44. The molecule has 4 aromatic rings. The molecule has 0 saturated heterocycles. The topological polar surface area (TPSA) is 64.4 Å². The summed E-state index contributed by atoms with van der Waals surface area (Å²) in [6.45, 7) is 3.85. The zero-order valence-corrected chi connectivity index (χ0v) is 18.7. The number of aromatic nitrogens is 1. The van der Waals surface area contributed by atoms with Crippen LogP contribution in [0, 0.1) is 13.8 Å². The molecule has 0 aliphatic heterocycles. The van der Waals surface area contributed by atoms with Gasteiger partial charge in [0, 0.05) is 16.3 Å². The van der Waals surface area contributed by atoms with Gasteiger partial charge in [-0.25, -0.2) is 4.98 Å². The molecule has 1 N–H and O–H groups in total. The van der Waals surface area contributed by atoms with Crippen molar-refractivity contribution < 1.29 is 13.9 Å². The monoisotopic (exact) mass is 484 g/mol. The highest BCUT2D eigenvalue weighted by molar-refractivity contribution is 9.10. The highest BCUT2D eigenvalue weighted by Crippen LogP contribution is 2.30. The van der Waals surface area contributed by atoms with Crippen LogP contribution in [-0.4, -0.2) is 17.5 Å². The number of hydrogen-bond donors (Lipinski definition) is 1. The van der Waals surface area contributed by atoms with Crippen LogP contribution in [0.3, 0.4) is 0 Å². The molecule has 1 aromatic heterocycles. The lowest BCUT2D eigenvalue weighted by atomic mass is 10.1. The molecular weight excluding hydrogens is 468 g/mol. The van der Waals surface area contributed by atoms with Crippen molar-refractivity contribution >= 4 is 50.2 Å². The van der Waals surface area contributed by atoms with Gasteiger partial charge in [-0.3, -0.25) is 4.79 Å². The number of halogens is 2. The van der Waals surface area contributed by atoms with Gasteiger partial charge in [0.25, 0.3) is 5.91 Å². The number of anilines is 1. The minimum atomic E-state index is -0.264. The van der Waals surface area contributed by atoms with Gasteiger partial charge in [0.2, 0.25) is 5.89 Å². The number of benzene rings is 3. The molecule has 0 aliphatic rings. The Kier molecular flexibility index (Phi) is 5.79. The predicted octanol–water partition coefficient (Wildman–Crippen LogP) is 6.55. The minimum absolute atomic E-state index is 0.104. The number of oxazole rings is 1. The van der Waals surface area contributed by atoms with Crippen molar-refractivity contribution in [2.24, 2.45) is 0 Å². The van der Waals surface area contributed by atoms with Crippen molar-refractivity contribution in [3.8, 4) is 17.2 Å². The van der Waals surface area contributed by atoms with Crippen molar-refractivity contribution in [2.75, 3.05) is 11.9 Å². The van der Waals surface area contributed by atoms with E-state index in [0.717, 1.165) is 21.2 Å². The van der Waals surface area contributed by atoms with Crippen molar-refractivity contribution in [1.82, 2.24) is 4.98 Å². The zero-order valence-electron chi connectivity index (χ0n) is 16.3. The van der Waals surface area contributed by atoms with Crippen LogP contribution in [0.4, 0.5) is 5.69 Å². The highest BCUT2D eigenvalue weighted by atomic mass is 79.9. The second-order valence-corrected chi connectivity index (χ2v) is 8.23. The molecule has 4 rings (SSSR count). The zero-order chi connectivity index (χ0) is 21.3. The third-order valence-corrected chi connectivity index (χ3v) is 5.29. The lowest BCUT2D eigenvalue weighted by Crippen LogP contribution is -2.20. The summed E-state index contributed by atoms with van der Waals surface area (Å²) >= 11 is 9.53. The molecule has 1 heterocycles. The lowest BCUT2D eigenvalue weighted by molar-refractivity contribution is -0.118. The van der Waals surface area contributed by atoms with E-state index < -0.39 is 0 Å². The van der Waals surface area contributed by atoms with Crippen LogP contribution in [0.15, 0.2) is 63.5 Å². The fraction of sp³-hybridized carbons (Fsp3) is 0.130. The van der Waals surface area contributed by atoms with E-state index in [2.05, 4.69) is 26.2 Å². The Labute approximate surface area is 187 Å². The van der Waals surface area contributed by atoms with Crippen molar-refractivity contribution in [3.63, 3.8) is 0 Å². The maximum Gasteiger partial charge on any atom is 0.262 e. The summed E-state index contributed by atoms with van der Waals surface area (Å²) < 4.78 is 12.3. The Morgan fingerprint density at radius 2 is 2.00 bits per heavy atom. The number of fused-ring (bicyclic) bond motifs is 1. The van der Waals surface area contributed by atoms with Crippen LogP contribution in [0.2, 0.25) is 5.02 Å². The Bertz CT molecular complexity index is 1230. The first kappa shape index (κ1) is 20.4. The van der Waals surface area contributed by atoms with Crippen LogP contribution >= 0.6 is 27.5 Å². The smallest absolute Gasteiger partial charge is 0.262 e. The van der Waals surface area contributed by atoms with E-state index in [1.807, 2.05) is 38.1 Å². The average Bonchev–Trinajstić information content (AvgIpc) is 3.10. The number of hydrogen-bond acceptors (Lipinski definition) is 4. The number of ether oxygens (including phenoxy) is 1. The van der Waals surface area contributed by atoms with E-state index in [-0.39, 0.29) is 12.5 Å². The molecule has 0 saturated carbocycles. The molecule has 0 radical (unpaired) electrons. The molecule has 7 heteroatoms. The van der Waals surface area contributed by atoms with Crippen LogP contribution < -0.4 is 10.1 Å². The molecule has 30 heavy (non-hydrogen) atoms. The fourth-order valence-corrected chi connectivity index (χ4v) is 4.15. The molecule has 5 nitrogen and oxygen atoms in total. The van der Waals surface area contributed by atoms with Crippen LogP contribution in [0.5, 0.6) is 5.75 Å². The van der Waals surface area contributed by atoms with E-state index >= 15 is 0 Å². The van der Waals surface area contributed by atoms with Gasteiger partial charge in [-0.2, -0.15) is 0 Å². The van der Waals surface area contributed by atoms with E-state index in [9.17, 15) is 4.79 Å². The van der Waals surface area contributed by atoms with Gasteiger partial charge in [0.1, 0.15) is 11.3 Å². The summed E-state index contributed by atoms with van der Waals surface area (Å²) in [5.74, 6) is 0.868. The van der Waals surface area contributed by atoms with E-state index in [1.165, 1.54) is 0 Å². The van der Waals surface area contributed by atoms with Crippen LogP contribution in [0.1, 0.15) is 11.1 Å². The van der Waals surface area contributed by atoms with Crippen molar-refractivity contribution in [2.45, 2.75) is 13.8 Å². The first-order valence-corrected chi connectivity index (χ1v) is 10.4. The minimum Gasteiger partial charge on any atom is -0.482 e. The summed E-state index contributed by atoms with van der Waals surface area (Å²) in [6, 6.07) is 16.6. The second kappa shape index (κ2) is 8.50. The highest BCUT2D eigenvalue weighted by Gasteiger charge is 2.12. The molecule has 0 unspecified atom stereocenters. The Hall–Kier alpha value is -2.83. The lowest BCUT2D eigenvalue weighted by Gasteiger charge is -2.12. The molecule has 0 aliphatic carbocycles. The quantitative estimate of drug-likeness (QED) is 0.348. The maximum atomic E-state index is 12.4. The third-order valence-electron chi connectivity index (χ3n) is 4.46. The summed E-state index contributed by atoms with van der Waals surface area (Å²) in [6.07, 6.45) is 0. The van der Waals surface area contributed by atoms with Gasteiger partial charge in [-0.15, -0.1) is 0 Å². The van der Waals surface area contributed by atoms with E-state index in [1.54, 1.807) is 30.3 Å². The normalized spacial score (nSPS) is 10.9. The van der Waals surface area contributed by atoms with Crippen LogP contribution in [-0.2, 0) is 4.79 Å². The van der Waals surface area contributed by atoms with Gasteiger partial charge < -0.3 is 14.5 Å². The first-order chi connectivity index (χ1) is 14.4. The first-order valence-electron chi connectivity index (χ1n) is 9.25. The van der Waals surface area contributed by atoms with E-state index in [0.29, 0.717) is 33.4 Å². The number of carbonyl (C=O) groups excluding carboxylic acids is 1. The number of nitrogens with zero attached hydrogens (tertiary/aromatic N) is 1. The van der Waals surface area contributed by atoms with Crippen molar-refractivity contribution in [3.05, 3.63) is 75.2 Å². The second-order valence-electron chi connectivity index (χ2n) is 6.94. The molecule has 0 spiro atoms. The molecule has 3 aromatic carbocycles. The Morgan fingerprint density at radius 1 is 1.17 bits per heavy atom. The standard InChI is InChI=1S/C23H18BrClN2O3/c1-13-8-14(2)22(18(24)9-13)29-12-21(28)26-17-6-7-20-19(11-17)27-23(30-20)15-4-3-5-16(25)10-15/h3-11H,12H2,1-2H3,(H,26,28). The molecule has 0 bridgehead atoms. The van der Waals surface area contributed by atoms with Gasteiger partial charge in [-0.05, 0) is 83.4 Å². The Morgan fingerprint density at radius 3 is 2.77 bits per heavy atom. The van der Waals surface area contributed by atoms with Crippen molar-refractivity contribution in [1.29, 1.82) is 0 Å². The summed E-state index contributed by atoms with van der Waals surface area (Å²) in [5.41, 5.74) is 4.75. The molecule has 0 atom stereocenters. The third kappa shape index (κ3) is 4.50. The summed E-state index contributed by atoms with van der Waals surface area (Å²) in [7, 11) is 0. The van der Waals surface area contributed by atoms with Gasteiger partial charge >= 0.3 is 0 Å². The summed E-state index contributed by atoms with van der Waals surface area (Å²) in [4.78, 5) is 16.9. The Balaban J connectivity index is 1.47. The number of rotatable bonds is 5. The molecule has 1 amide bonds. The molecule has 152 valence electrons. The van der Waals surface area contributed by atoms with E-state index in [4.69, 9.17) is 20.8 Å². The predicted molar refractivity (Wildman–Crippen MR) is 122 cm³/mol. The van der Waals surface area contributed by atoms with Gasteiger partial charge in [-0.1, -0.05) is 23.7 Å². The number of nitrogens with one attached hydrogen (secondary N) is 1. The number of aryl methyl sites for hydroxylation is 2. The average molecular weight is 486 g/mol.